The van der Waals surface area contributed by atoms with E-state index in [-0.39, 0.29) is 17.2 Å². The molecule has 2 aromatic rings. The van der Waals surface area contributed by atoms with E-state index in [4.69, 9.17) is 27.9 Å². The van der Waals surface area contributed by atoms with Crippen molar-refractivity contribution in [2.24, 2.45) is 5.92 Å². The Morgan fingerprint density at radius 2 is 1.75 bits per heavy atom. The van der Waals surface area contributed by atoms with Crippen LogP contribution in [-0.4, -0.2) is 31.1 Å². The molecule has 0 radical (unpaired) electrons. The van der Waals surface area contributed by atoms with E-state index < -0.39 is 23.9 Å². The molecule has 1 aliphatic carbocycles. The first-order valence-corrected chi connectivity index (χ1v) is 11.9. The Kier molecular flexibility index (Phi) is 8.39. The zero-order valence-electron chi connectivity index (χ0n) is 17.8. The summed E-state index contributed by atoms with van der Waals surface area (Å²) < 4.78 is 4.94. The summed E-state index contributed by atoms with van der Waals surface area (Å²) >= 11 is 13.5. The van der Waals surface area contributed by atoms with Gasteiger partial charge in [-0.25, -0.2) is 9.59 Å². The molecule has 172 valence electrons. The number of esters is 1. The van der Waals surface area contributed by atoms with Crippen molar-refractivity contribution in [2.45, 2.75) is 45.1 Å². The number of nitrogens with one attached hydrogen (secondary N) is 3. The third kappa shape index (κ3) is 5.94. The van der Waals surface area contributed by atoms with Crippen LogP contribution in [0.5, 0.6) is 0 Å². The summed E-state index contributed by atoms with van der Waals surface area (Å²) in [5, 5.41) is 9.06. The van der Waals surface area contributed by atoms with Crippen LogP contribution in [-0.2, 0) is 9.53 Å². The number of rotatable bonds is 6. The van der Waals surface area contributed by atoms with Crippen LogP contribution in [0.4, 0.5) is 15.5 Å². The fourth-order valence-electron chi connectivity index (χ4n) is 3.82. The predicted molar refractivity (Wildman–Crippen MR) is 128 cm³/mol. The van der Waals surface area contributed by atoms with Gasteiger partial charge >= 0.3 is 12.0 Å². The summed E-state index contributed by atoms with van der Waals surface area (Å²) in [6, 6.07) is 5.24. The van der Waals surface area contributed by atoms with Gasteiger partial charge in [0.15, 0.2) is 0 Å². The van der Waals surface area contributed by atoms with Crippen molar-refractivity contribution in [3.63, 3.8) is 0 Å². The summed E-state index contributed by atoms with van der Waals surface area (Å²) in [5.74, 6) is -0.874. The summed E-state index contributed by atoms with van der Waals surface area (Å²) in [4.78, 5) is 38.8. The fraction of sp³-hybridized carbons (Fsp3) is 0.409. The van der Waals surface area contributed by atoms with Gasteiger partial charge in [0.25, 0.3) is 5.91 Å². The minimum absolute atomic E-state index is 0.0296. The molecule has 0 aliphatic heterocycles. The smallest absolute Gasteiger partial charge is 0.328 e. The molecule has 1 fully saturated rings. The number of methoxy groups -OCH3 is 1. The lowest BCUT2D eigenvalue weighted by Crippen LogP contribution is -2.47. The van der Waals surface area contributed by atoms with Crippen LogP contribution in [0.1, 0.15) is 47.3 Å². The van der Waals surface area contributed by atoms with Gasteiger partial charge in [0.2, 0.25) is 0 Å². The quantitative estimate of drug-likeness (QED) is 0.435. The largest absolute Gasteiger partial charge is 0.467 e. The first kappa shape index (κ1) is 24.4. The molecule has 3 rings (SSSR count). The summed E-state index contributed by atoms with van der Waals surface area (Å²) in [5.41, 5.74) is 0.549. The molecular weight excluding hydrogens is 473 g/mol. The average molecular weight is 498 g/mol. The second-order valence-electron chi connectivity index (χ2n) is 7.65. The van der Waals surface area contributed by atoms with E-state index in [9.17, 15) is 14.4 Å². The molecule has 1 aliphatic rings. The standard InChI is InChI=1S/C22H25Cl2N3O4S/c1-12-11-14(19(28)25-17(21(29)31-2)13-7-4-3-5-8-13)20(32-12)27-22(30)26-18-15(23)9-6-10-16(18)24/h6,9-11,13,17H,3-5,7-8H2,1-2H3,(H,25,28)(H2,26,27,30)/t17-/m0/s1. The first-order valence-electron chi connectivity index (χ1n) is 10.3. The fourth-order valence-corrected chi connectivity index (χ4v) is 5.22. The third-order valence-corrected chi connectivity index (χ3v) is 6.99. The van der Waals surface area contributed by atoms with Gasteiger partial charge in [0.1, 0.15) is 11.0 Å². The van der Waals surface area contributed by atoms with Crippen molar-refractivity contribution >= 4 is 63.1 Å². The minimum atomic E-state index is -0.725. The van der Waals surface area contributed by atoms with Gasteiger partial charge in [-0.2, -0.15) is 0 Å². The summed E-state index contributed by atoms with van der Waals surface area (Å²) in [6.45, 7) is 1.83. The SMILES string of the molecule is COC(=O)[C@@H](NC(=O)c1cc(C)sc1NC(=O)Nc1c(Cl)cccc1Cl)C1CCCCC1. The Labute approximate surface area is 200 Å². The predicted octanol–water partition coefficient (Wildman–Crippen LogP) is 5.86. The molecule has 1 atom stereocenters. The molecule has 3 N–H and O–H groups in total. The number of anilines is 2. The molecule has 1 aromatic carbocycles. The van der Waals surface area contributed by atoms with Crippen LogP contribution in [0.25, 0.3) is 0 Å². The van der Waals surface area contributed by atoms with E-state index in [1.165, 1.54) is 18.4 Å². The highest BCUT2D eigenvalue weighted by Crippen LogP contribution is 2.32. The van der Waals surface area contributed by atoms with Gasteiger partial charge in [-0.15, -0.1) is 11.3 Å². The molecule has 32 heavy (non-hydrogen) atoms. The van der Waals surface area contributed by atoms with E-state index >= 15 is 0 Å². The highest BCUT2D eigenvalue weighted by Gasteiger charge is 2.32. The van der Waals surface area contributed by atoms with Crippen LogP contribution in [0, 0.1) is 12.8 Å². The maximum Gasteiger partial charge on any atom is 0.328 e. The number of hydrogen-bond donors (Lipinski definition) is 3. The van der Waals surface area contributed by atoms with E-state index in [2.05, 4.69) is 16.0 Å². The molecule has 0 spiro atoms. The van der Waals surface area contributed by atoms with Gasteiger partial charge in [0.05, 0.1) is 28.4 Å². The second-order valence-corrected chi connectivity index (χ2v) is 9.72. The Morgan fingerprint density at radius 3 is 2.38 bits per heavy atom. The van der Waals surface area contributed by atoms with Gasteiger partial charge in [-0.1, -0.05) is 48.5 Å². The maximum atomic E-state index is 13.1. The number of para-hydroxylation sites is 1. The molecule has 1 saturated carbocycles. The number of ether oxygens (including phenoxy) is 1. The molecule has 0 saturated heterocycles. The zero-order chi connectivity index (χ0) is 23.3. The number of hydrogen-bond acceptors (Lipinski definition) is 5. The Morgan fingerprint density at radius 1 is 1.09 bits per heavy atom. The van der Waals surface area contributed by atoms with Gasteiger partial charge in [-0.05, 0) is 43.9 Å². The lowest BCUT2D eigenvalue weighted by Gasteiger charge is -2.29. The van der Waals surface area contributed by atoms with Crippen molar-refractivity contribution in [1.82, 2.24) is 5.32 Å². The van der Waals surface area contributed by atoms with E-state index in [1.54, 1.807) is 24.3 Å². The van der Waals surface area contributed by atoms with Crippen molar-refractivity contribution < 1.29 is 19.1 Å². The number of carbonyl (C=O) groups is 3. The van der Waals surface area contributed by atoms with Crippen LogP contribution in [0.2, 0.25) is 10.0 Å². The lowest BCUT2D eigenvalue weighted by atomic mass is 9.83. The summed E-state index contributed by atoms with van der Waals surface area (Å²) in [6.07, 6.45) is 4.87. The molecular formula is C22H25Cl2N3O4S. The number of carbonyl (C=O) groups excluding carboxylic acids is 3. The monoisotopic (exact) mass is 497 g/mol. The third-order valence-electron chi connectivity index (χ3n) is 5.39. The highest BCUT2D eigenvalue weighted by molar-refractivity contribution is 7.16. The number of thiophene rings is 1. The Hall–Kier alpha value is -2.29. The molecule has 0 bridgehead atoms. The number of benzene rings is 1. The van der Waals surface area contributed by atoms with Gasteiger partial charge in [-0.3, -0.25) is 10.1 Å². The average Bonchev–Trinajstić information content (AvgIpc) is 3.14. The summed E-state index contributed by atoms with van der Waals surface area (Å²) in [7, 11) is 1.32. The van der Waals surface area contributed by atoms with Crippen molar-refractivity contribution in [3.05, 3.63) is 44.8 Å². The topological polar surface area (TPSA) is 96.5 Å². The first-order chi connectivity index (χ1) is 15.3. The van der Waals surface area contributed by atoms with Crippen molar-refractivity contribution in [3.8, 4) is 0 Å². The van der Waals surface area contributed by atoms with Crippen LogP contribution in [0.3, 0.4) is 0 Å². The van der Waals surface area contributed by atoms with Gasteiger partial charge in [0, 0.05) is 4.88 Å². The number of amides is 3. The molecule has 7 nitrogen and oxygen atoms in total. The molecule has 1 heterocycles. The normalized spacial score (nSPS) is 15.0. The lowest BCUT2D eigenvalue weighted by molar-refractivity contribution is -0.144. The van der Waals surface area contributed by atoms with E-state index in [1.807, 2.05) is 6.92 Å². The number of halogens is 2. The van der Waals surface area contributed by atoms with E-state index in [0.717, 1.165) is 37.0 Å². The minimum Gasteiger partial charge on any atom is -0.467 e. The van der Waals surface area contributed by atoms with Gasteiger partial charge < -0.3 is 15.4 Å². The molecule has 3 amide bonds. The molecule has 1 aromatic heterocycles. The molecule has 10 heteroatoms. The van der Waals surface area contributed by atoms with Crippen molar-refractivity contribution in [1.29, 1.82) is 0 Å². The maximum absolute atomic E-state index is 13.1. The zero-order valence-corrected chi connectivity index (χ0v) is 20.1. The van der Waals surface area contributed by atoms with Crippen LogP contribution < -0.4 is 16.0 Å². The highest BCUT2D eigenvalue weighted by atomic mass is 35.5. The Bertz CT molecular complexity index is 985. The second kappa shape index (κ2) is 11.0. The molecule has 0 unspecified atom stereocenters. The van der Waals surface area contributed by atoms with E-state index in [0.29, 0.717) is 15.0 Å². The number of urea groups is 1. The number of aryl methyl sites for hydroxylation is 1. The van der Waals surface area contributed by atoms with Crippen LogP contribution in [0.15, 0.2) is 24.3 Å². The van der Waals surface area contributed by atoms with Crippen molar-refractivity contribution in [2.75, 3.05) is 17.7 Å². The Balaban J connectivity index is 1.75. The van der Waals surface area contributed by atoms with Crippen LogP contribution >= 0.6 is 34.5 Å².